The van der Waals surface area contributed by atoms with E-state index in [2.05, 4.69) is 10.1 Å². The van der Waals surface area contributed by atoms with Gasteiger partial charge in [0, 0.05) is 0 Å². The Balaban J connectivity index is 3.48. The lowest BCUT2D eigenvalue weighted by Crippen LogP contribution is -2.44. The SMILES string of the molecule is CC(C)C(C(C)C)(n1cncn1)P(=O)(O)O. The first-order chi connectivity index (χ1) is 7.24. The third kappa shape index (κ3) is 1.81. The Morgan fingerprint density at radius 1 is 1.25 bits per heavy atom. The maximum atomic E-state index is 11.8. The summed E-state index contributed by atoms with van der Waals surface area (Å²) in [6.07, 6.45) is 2.65. The lowest BCUT2D eigenvalue weighted by molar-refractivity contribution is 0.153. The number of aromatic nitrogens is 3. The van der Waals surface area contributed by atoms with Gasteiger partial charge in [-0.3, -0.25) is 4.57 Å². The van der Waals surface area contributed by atoms with Gasteiger partial charge in [0.1, 0.15) is 12.7 Å². The zero-order valence-corrected chi connectivity index (χ0v) is 10.8. The predicted molar refractivity (Wildman–Crippen MR) is 59.7 cm³/mol. The van der Waals surface area contributed by atoms with E-state index in [1.54, 1.807) is 27.7 Å². The van der Waals surface area contributed by atoms with Crippen LogP contribution in [0.4, 0.5) is 0 Å². The average molecular weight is 247 g/mol. The molecule has 0 radical (unpaired) electrons. The second-order valence-electron chi connectivity index (χ2n) is 4.48. The van der Waals surface area contributed by atoms with Crippen LogP contribution >= 0.6 is 7.60 Å². The minimum absolute atomic E-state index is 0.255. The van der Waals surface area contributed by atoms with Gasteiger partial charge >= 0.3 is 7.60 Å². The van der Waals surface area contributed by atoms with Crippen LogP contribution in [0.15, 0.2) is 12.7 Å². The van der Waals surface area contributed by atoms with Gasteiger partial charge in [0.05, 0.1) is 0 Å². The molecule has 0 fully saturated rings. The fourth-order valence-electron chi connectivity index (χ4n) is 2.40. The molecule has 0 aliphatic carbocycles. The summed E-state index contributed by atoms with van der Waals surface area (Å²) < 4.78 is 13.1. The topological polar surface area (TPSA) is 88.2 Å². The second-order valence-corrected chi connectivity index (χ2v) is 6.28. The Bertz CT molecular complexity index is 375. The molecular weight excluding hydrogens is 229 g/mol. The van der Waals surface area contributed by atoms with Gasteiger partial charge in [-0.1, -0.05) is 27.7 Å². The van der Waals surface area contributed by atoms with Crippen molar-refractivity contribution in [3.8, 4) is 0 Å². The molecular formula is C9H18N3O3P. The lowest BCUT2D eigenvalue weighted by Gasteiger charge is -2.40. The molecule has 0 amide bonds. The molecule has 0 aliphatic heterocycles. The number of rotatable bonds is 4. The number of nitrogens with zero attached hydrogens (tertiary/aromatic N) is 3. The van der Waals surface area contributed by atoms with Crippen LogP contribution in [0, 0.1) is 11.8 Å². The van der Waals surface area contributed by atoms with Crippen LogP contribution in [0.1, 0.15) is 27.7 Å². The van der Waals surface area contributed by atoms with Gasteiger partial charge in [-0.2, -0.15) is 5.10 Å². The molecule has 0 spiro atoms. The van der Waals surface area contributed by atoms with Crippen molar-refractivity contribution in [3.63, 3.8) is 0 Å². The van der Waals surface area contributed by atoms with E-state index in [-0.39, 0.29) is 11.8 Å². The highest BCUT2D eigenvalue weighted by atomic mass is 31.2. The number of hydrogen-bond donors (Lipinski definition) is 2. The normalized spacial score (nSPS) is 13.8. The maximum absolute atomic E-state index is 11.8. The summed E-state index contributed by atoms with van der Waals surface area (Å²) in [4.78, 5) is 23.1. The highest BCUT2D eigenvalue weighted by molar-refractivity contribution is 7.52. The first-order valence-electron chi connectivity index (χ1n) is 5.15. The third-order valence-corrected chi connectivity index (χ3v) is 5.12. The van der Waals surface area contributed by atoms with Gasteiger partial charge in [-0.25, -0.2) is 9.67 Å². The fourth-order valence-corrected chi connectivity index (χ4v) is 4.11. The van der Waals surface area contributed by atoms with Gasteiger partial charge in [-0.15, -0.1) is 0 Å². The molecule has 0 aliphatic rings. The van der Waals surface area contributed by atoms with Crippen LogP contribution in [-0.4, -0.2) is 24.6 Å². The Morgan fingerprint density at radius 3 is 2.00 bits per heavy atom. The molecule has 16 heavy (non-hydrogen) atoms. The minimum atomic E-state index is -4.35. The van der Waals surface area contributed by atoms with Crippen molar-refractivity contribution in [2.24, 2.45) is 11.8 Å². The summed E-state index contributed by atoms with van der Waals surface area (Å²) in [7, 11) is -4.35. The molecule has 92 valence electrons. The van der Waals surface area contributed by atoms with E-state index in [0.717, 1.165) is 0 Å². The van der Waals surface area contributed by atoms with E-state index >= 15 is 0 Å². The smallest absolute Gasteiger partial charge is 0.323 e. The quantitative estimate of drug-likeness (QED) is 0.785. The largest absolute Gasteiger partial charge is 0.353 e. The van der Waals surface area contributed by atoms with E-state index in [4.69, 9.17) is 0 Å². The minimum Gasteiger partial charge on any atom is -0.323 e. The van der Waals surface area contributed by atoms with E-state index < -0.39 is 12.9 Å². The Labute approximate surface area is 94.9 Å². The summed E-state index contributed by atoms with van der Waals surface area (Å²) in [6, 6.07) is 0. The molecule has 0 atom stereocenters. The van der Waals surface area contributed by atoms with Gasteiger partial charge in [0.25, 0.3) is 0 Å². The van der Waals surface area contributed by atoms with Crippen molar-refractivity contribution in [2.75, 3.05) is 0 Å². The predicted octanol–water partition coefficient (Wildman–Crippen LogP) is 1.42. The molecule has 2 N–H and O–H groups in total. The van der Waals surface area contributed by atoms with Gasteiger partial charge in [0.15, 0.2) is 5.28 Å². The van der Waals surface area contributed by atoms with Gasteiger partial charge in [0.2, 0.25) is 0 Å². The summed E-state index contributed by atoms with van der Waals surface area (Å²) in [5.74, 6) is -0.509. The zero-order valence-electron chi connectivity index (χ0n) is 9.90. The van der Waals surface area contributed by atoms with Crippen LogP contribution in [0.3, 0.4) is 0 Å². The molecule has 1 rings (SSSR count). The first kappa shape index (κ1) is 13.4. The lowest BCUT2D eigenvalue weighted by atomic mass is 9.92. The van der Waals surface area contributed by atoms with Gasteiger partial charge < -0.3 is 9.79 Å². The van der Waals surface area contributed by atoms with E-state index in [1.807, 2.05) is 0 Å². The molecule has 0 saturated heterocycles. The summed E-state index contributed by atoms with van der Waals surface area (Å²) >= 11 is 0. The number of hydrogen-bond acceptors (Lipinski definition) is 3. The zero-order chi connectivity index (χ0) is 12.6. The van der Waals surface area contributed by atoms with Crippen molar-refractivity contribution in [1.29, 1.82) is 0 Å². The van der Waals surface area contributed by atoms with Gasteiger partial charge in [-0.05, 0) is 11.8 Å². The molecule has 7 heteroatoms. The van der Waals surface area contributed by atoms with Crippen molar-refractivity contribution in [1.82, 2.24) is 14.8 Å². The average Bonchev–Trinajstić information content (AvgIpc) is 2.53. The summed E-state index contributed by atoms with van der Waals surface area (Å²) in [5, 5.41) is 2.58. The van der Waals surface area contributed by atoms with E-state index in [9.17, 15) is 14.4 Å². The summed E-state index contributed by atoms with van der Waals surface area (Å²) in [5.41, 5.74) is 0. The van der Waals surface area contributed by atoms with Crippen LogP contribution in [0.2, 0.25) is 0 Å². The van der Waals surface area contributed by atoms with E-state index in [0.29, 0.717) is 0 Å². The van der Waals surface area contributed by atoms with Crippen LogP contribution in [0.5, 0.6) is 0 Å². The molecule has 0 aromatic carbocycles. The molecule has 0 unspecified atom stereocenters. The first-order valence-corrected chi connectivity index (χ1v) is 6.76. The third-order valence-electron chi connectivity index (χ3n) is 2.95. The van der Waals surface area contributed by atoms with Crippen molar-refractivity contribution in [3.05, 3.63) is 12.7 Å². The Kier molecular flexibility index (Phi) is 3.57. The van der Waals surface area contributed by atoms with E-state index in [1.165, 1.54) is 17.3 Å². The fraction of sp³-hybridized carbons (Fsp3) is 0.778. The highest BCUT2D eigenvalue weighted by Gasteiger charge is 2.54. The second kappa shape index (κ2) is 4.28. The van der Waals surface area contributed by atoms with Crippen LogP contribution in [0.25, 0.3) is 0 Å². The monoisotopic (exact) mass is 247 g/mol. The molecule has 1 aromatic rings. The van der Waals surface area contributed by atoms with Crippen molar-refractivity contribution in [2.45, 2.75) is 33.0 Å². The summed E-state index contributed by atoms with van der Waals surface area (Å²) in [6.45, 7) is 7.11. The standard InChI is InChI=1S/C9H18N3O3P/c1-7(2)9(8(3)4,16(13,14)15)12-6-10-5-11-12/h5-8H,1-4H3,(H2,13,14,15). The molecule has 1 heterocycles. The van der Waals surface area contributed by atoms with Crippen molar-refractivity contribution >= 4 is 7.60 Å². The molecule has 1 aromatic heterocycles. The Hall–Kier alpha value is -0.710. The Morgan fingerprint density at radius 2 is 1.75 bits per heavy atom. The van der Waals surface area contributed by atoms with Crippen LogP contribution in [-0.2, 0) is 9.85 Å². The molecule has 0 bridgehead atoms. The maximum Gasteiger partial charge on any atom is 0.353 e. The van der Waals surface area contributed by atoms with Crippen LogP contribution < -0.4 is 0 Å². The highest BCUT2D eigenvalue weighted by Crippen LogP contribution is 2.61. The molecule has 6 nitrogen and oxygen atoms in total. The molecule has 0 saturated carbocycles. The van der Waals surface area contributed by atoms with Crippen molar-refractivity contribution < 1.29 is 14.4 Å².